The summed E-state index contributed by atoms with van der Waals surface area (Å²) in [6.45, 7) is 5.55. The topological polar surface area (TPSA) is 61.6 Å². The molecule has 3 aromatic rings. The molecule has 0 bridgehead atoms. The van der Waals surface area contributed by atoms with Crippen LogP contribution in [0.3, 0.4) is 0 Å². The van der Waals surface area contributed by atoms with Gasteiger partial charge in [-0.15, -0.1) is 10.2 Å². The Morgan fingerprint density at radius 3 is 2.58 bits per heavy atom. The first-order chi connectivity index (χ1) is 15.2. The highest BCUT2D eigenvalue weighted by molar-refractivity contribution is 5.80. The van der Waals surface area contributed by atoms with Crippen LogP contribution in [0.1, 0.15) is 12.7 Å². The lowest BCUT2D eigenvalue weighted by atomic mass is 10.2. The van der Waals surface area contributed by atoms with Crippen molar-refractivity contribution >= 4 is 11.6 Å². The summed E-state index contributed by atoms with van der Waals surface area (Å²) < 4.78 is 29.6. The molecule has 7 nitrogen and oxygen atoms in total. The van der Waals surface area contributed by atoms with E-state index in [2.05, 4.69) is 20.4 Å². The fourth-order valence-electron chi connectivity index (χ4n) is 3.63. The Kier molecular flexibility index (Phi) is 6.40. The number of aromatic nitrogens is 3. The van der Waals surface area contributed by atoms with E-state index in [0.29, 0.717) is 38.4 Å². The molecule has 0 spiro atoms. The summed E-state index contributed by atoms with van der Waals surface area (Å²) in [5, 5.41) is 11.6. The standard InChI is InChI=1S/C22H25F2N7/c1-2-25-22(26-15-21-28-27-16-31(21)18-6-4-3-5-7-18)30-12-10-29(11-13-30)20-14-17(23)8-9-19(20)24/h3-9,14,16H,2,10-13,15H2,1H3,(H,25,26). The number of hydrogen-bond donors (Lipinski definition) is 1. The van der Waals surface area contributed by atoms with Crippen LogP contribution in [0.5, 0.6) is 0 Å². The minimum Gasteiger partial charge on any atom is -0.366 e. The second-order valence-corrected chi connectivity index (χ2v) is 7.19. The number of rotatable bonds is 5. The highest BCUT2D eigenvalue weighted by Crippen LogP contribution is 2.22. The van der Waals surface area contributed by atoms with Crippen molar-refractivity contribution in [2.75, 3.05) is 37.6 Å². The van der Waals surface area contributed by atoms with Gasteiger partial charge in [0, 0.05) is 44.5 Å². The largest absolute Gasteiger partial charge is 0.366 e. The summed E-state index contributed by atoms with van der Waals surface area (Å²) in [5.41, 5.74) is 1.28. The zero-order valence-corrected chi connectivity index (χ0v) is 17.4. The Labute approximate surface area is 180 Å². The number of hydrogen-bond acceptors (Lipinski definition) is 4. The third-order valence-corrected chi connectivity index (χ3v) is 5.19. The molecule has 1 fully saturated rings. The Hall–Kier alpha value is -3.49. The second kappa shape index (κ2) is 9.55. The van der Waals surface area contributed by atoms with Crippen molar-refractivity contribution in [2.45, 2.75) is 13.5 Å². The van der Waals surface area contributed by atoms with Gasteiger partial charge in [-0.1, -0.05) is 18.2 Å². The molecule has 31 heavy (non-hydrogen) atoms. The molecule has 0 saturated carbocycles. The number of para-hydroxylation sites is 1. The van der Waals surface area contributed by atoms with E-state index in [1.54, 1.807) is 6.33 Å². The molecule has 1 aliphatic heterocycles. The van der Waals surface area contributed by atoms with Crippen molar-refractivity contribution in [3.05, 3.63) is 72.3 Å². The molecule has 162 valence electrons. The van der Waals surface area contributed by atoms with Crippen molar-refractivity contribution in [1.29, 1.82) is 0 Å². The molecule has 0 aliphatic carbocycles. The number of guanidine groups is 1. The molecule has 0 atom stereocenters. The molecule has 0 radical (unpaired) electrons. The smallest absolute Gasteiger partial charge is 0.194 e. The van der Waals surface area contributed by atoms with Gasteiger partial charge in [0.25, 0.3) is 0 Å². The van der Waals surface area contributed by atoms with Crippen LogP contribution in [0.2, 0.25) is 0 Å². The van der Waals surface area contributed by atoms with Gasteiger partial charge < -0.3 is 15.1 Å². The van der Waals surface area contributed by atoms with Crippen LogP contribution in [0, 0.1) is 11.6 Å². The zero-order chi connectivity index (χ0) is 21.6. The van der Waals surface area contributed by atoms with Gasteiger partial charge in [0.2, 0.25) is 0 Å². The highest BCUT2D eigenvalue weighted by Gasteiger charge is 2.22. The SMILES string of the molecule is CCNC(=NCc1nncn1-c1ccccc1)N1CCN(c2cc(F)ccc2F)CC1. The number of aliphatic imine (C=N–C) groups is 1. The van der Waals surface area contributed by atoms with Gasteiger partial charge in [0.1, 0.15) is 24.5 Å². The maximum atomic E-state index is 14.1. The Morgan fingerprint density at radius 2 is 1.84 bits per heavy atom. The number of halogens is 2. The monoisotopic (exact) mass is 425 g/mol. The van der Waals surface area contributed by atoms with Crippen molar-refractivity contribution in [3.8, 4) is 5.69 Å². The van der Waals surface area contributed by atoms with Crippen LogP contribution in [0.15, 0.2) is 59.9 Å². The third-order valence-electron chi connectivity index (χ3n) is 5.19. The van der Waals surface area contributed by atoms with Crippen LogP contribution in [0.25, 0.3) is 5.69 Å². The number of benzene rings is 2. The van der Waals surface area contributed by atoms with Crippen LogP contribution in [0.4, 0.5) is 14.5 Å². The predicted octanol–water partition coefficient (Wildman–Crippen LogP) is 2.83. The van der Waals surface area contributed by atoms with Crippen LogP contribution < -0.4 is 10.2 Å². The molecule has 1 saturated heterocycles. The third kappa shape index (κ3) is 4.82. The summed E-state index contributed by atoms with van der Waals surface area (Å²) in [6.07, 6.45) is 1.68. The highest BCUT2D eigenvalue weighted by atomic mass is 19.1. The minimum absolute atomic E-state index is 0.303. The maximum Gasteiger partial charge on any atom is 0.194 e. The minimum atomic E-state index is -0.434. The van der Waals surface area contributed by atoms with Crippen molar-refractivity contribution in [2.24, 2.45) is 4.99 Å². The Morgan fingerprint density at radius 1 is 1.06 bits per heavy atom. The summed E-state index contributed by atoms with van der Waals surface area (Å²) in [5.74, 6) is 0.665. The molecule has 1 N–H and O–H groups in total. The fraction of sp³-hybridized carbons (Fsp3) is 0.318. The number of nitrogens with one attached hydrogen (secondary N) is 1. The van der Waals surface area contributed by atoms with Crippen LogP contribution in [-0.2, 0) is 6.54 Å². The van der Waals surface area contributed by atoms with Crippen LogP contribution >= 0.6 is 0 Å². The van der Waals surface area contributed by atoms with E-state index in [0.717, 1.165) is 30.1 Å². The van der Waals surface area contributed by atoms with Gasteiger partial charge >= 0.3 is 0 Å². The molecule has 1 aromatic heterocycles. The molecular weight excluding hydrogens is 400 g/mol. The maximum absolute atomic E-state index is 14.1. The van der Waals surface area contributed by atoms with Crippen LogP contribution in [-0.4, -0.2) is 58.3 Å². The summed E-state index contributed by atoms with van der Waals surface area (Å²) >= 11 is 0. The summed E-state index contributed by atoms with van der Waals surface area (Å²) in [4.78, 5) is 8.74. The van der Waals surface area contributed by atoms with Gasteiger partial charge in [-0.3, -0.25) is 4.57 Å². The quantitative estimate of drug-likeness (QED) is 0.503. The average molecular weight is 425 g/mol. The van der Waals surface area contributed by atoms with E-state index in [4.69, 9.17) is 4.99 Å². The first-order valence-corrected chi connectivity index (χ1v) is 10.3. The van der Waals surface area contributed by atoms with E-state index >= 15 is 0 Å². The van der Waals surface area contributed by atoms with Crippen molar-refractivity contribution < 1.29 is 8.78 Å². The van der Waals surface area contributed by atoms with E-state index in [1.807, 2.05) is 46.7 Å². The molecule has 0 amide bonds. The average Bonchev–Trinajstić information content (AvgIpc) is 3.28. The van der Waals surface area contributed by atoms with Crippen molar-refractivity contribution in [3.63, 3.8) is 0 Å². The summed E-state index contributed by atoms with van der Waals surface area (Å²) in [7, 11) is 0. The lowest BCUT2D eigenvalue weighted by molar-refractivity contribution is 0.370. The first-order valence-electron chi connectivity index (χ1n) is 10.3. The number of nitrogens with zero attached hydrogens (tertiary/aromatic N) is 6. The zero-order valence-electron chi connectivity index (χ0n) is 17.4. The van der Waals surface area contributed by atoms with Gasteiger partial charge in [-0.25, -0.2) is 13.8 Å². The Bertz CT molecular complexity index is 1030. The number of piperazine rings is 1. The molecule has 2 heterocycles. The van der Waals surface area contributed by atoms with E-state index < -0.39 is 11.6 Å². The Balaban J connectivity index is 1.45. The molecule has 4 rings (SSSR count). The van der Waals surface area contributed by atoms with Crippen molar-refractivity contribution in [1.82, 2.24) is 25.0 Å². The number of anilines is 1. The lowest BCUT2D eigenvalue weighted by Crippen LogP contribution is -2.52. The normalized spacial score (nSPS) is 14.7. The molecule has 1 aliphatic rings. The predicted molar refractivity (Wildman–Crippen MR) is 116 cm³/mol. The summed E-state index contributed by atoms with van der Waals surface area (Å²) in [6, 6.07) is 13.4. The van der Waals surface area contributed by atoms with Gasteiger partial charge in [-0.05, 0) is 31.2 Å². The van der Waals surface area contributed by atoms with E-state index in [-0.39, 0.29) is 0 Å². The second-order valence-electron chi connectivity index (χ2n) is 7.19. The van der Waals surface area contributed by atoms with Gasteiger partial charge in [0.05, 0.1) is 5.69 Å². The first kappa shape index (κ1) is 20.8. The molecule has 2 aromatic carbocycles. The molecule has 0 unspecified atom stereocenters. The van der Waals surface area contributed by atoms with Gasteiger partial charge in [-0.2, -0.15) is 0 Å². The molecule has 9 heteroatoms. The fourth-order valence-corrected chi connectivity index (χ4v) is 3.63. The van der Waals surface area contributed by atoms with E-state index in [9.17, 15) is 8.78 Å². The van der Waals surface area contributed by atoms with Gasteiger partial charge in [0.15, 0.2) is 11.8 Å². The van der Waals surface area contributed by atoms with E-state index in [1.165, 1.54) is 12.1 Å². The lowest BCUT2D eigenvalue weighted by Gasteiger charge is -2.37. The molecular formula is C22H25F2N7.